The van der Waals surface area contributed by atoms with Crippen molar-refractivity contribution in [3.63, 3.8) is 0 Å². The van der Waals surface area contributed by atoms with Gasteiger partial charge in [0.05, 0.1) is 6.54 Å². The molecule has 8 nitrogen and oxygen atoms in total. The molecule has 144 valence electrons. The summed E-state index contributed by atoms with van der Waals surface area (Å²) >= 11 is 0. The Morgan fingerprint density at radius 2 is 2.07 bits per heavy atom. The van der Waals surface area contributed by atoms with Crippen LogP contribution in [0.4, 0.5) is 10.5 Å². The number of ether oxygens (including phenoxy) is 1. The monoisotopic (exact) mass is 380 g/mol. The second-order valence-corrected chi connectivity index (χ2v) is 6.66. The van der Waals surface area contributed by atoms with Crippen LogP contribution in [0.1, 0.15) is 0 Å². The highest BCUT2D eigenvalue weighted by atomic mass is 16.5. The number of imide groups is 1. The van der Waals surface area contributed by atoms with Crippen LogP contribution in [-0.4, -0.2) is 77.4 Å². The molecule has 0 bridgehead atoms. The summed E-state index contributed by atoms with van der Waals surface area (Å²) in [5, 5.41) is 0. The summed E-state index contributed by atoms with van der Waals surface area (Å²) in [5.74, 6) is 1.56. The zero-order valence-electron chi connectivity index (χ0n) is 15.7. The van der Waals surface area contributed by atoms with E-state index in [1.807, 2.05) is 33.7 Å². The van der Waals surface area contributed by atoms with Gasteiger partial charge in [-0.1, -0.05) is 35.9 Å². The number of carbonyl (C=O) groups is 2. The normalized spacial score (nSPS) is 21.0. The van der Waals surface area contributed by atoms with Gasteiger partial charge >= 0.3 is 12.0 Å². The molecule has 1 atom stereocenters. The summed E-state index contributed by atoms with van der Waals surface area (Å²) < 4.78 is 7.73. The van der Waals surface area contributed by atoms with E-state index >= 15 is 0 Å². The molecule has 1 unspecified atom stereocenters. The zero-order chi connectivity index (χ0) is 19.8. The minimum Gasteiger partial charge on any atom is -0.486 e. The van der Waals surface area contributed by atoms with Crippen LogP contribution in [0, 0.1) is 0 Å². The van der Waals surface area contributed by atoms with E-state index in [1.165, 1.54) is 9.80 Å². The SMILES string of the molecule is C=CCOc1ccccc1N1CC[N+]2=C1N=C1C2C(=O)N(CC=C)C(=O)N1C. The van der Waals surface area contributed by atoms with E-state index in [9.17, 15) is 9.59 Å². The lowest BCUT2D eigenvalue weighted by Crippen LogP contribution is -2.62. The highest BCUT2D eigenvalue weighted by Gasteiger charge is 2.55. The summed E-state index contributed by atoms with van der Waals surface area (Å²) in [5.41, 5.74) is 0.870. The number of nitrogens with zero attached hydrogens (tertiary/aromatic N) is 5. The number of hydrogen-bond donors (Lipinski definition) is 0. The van der Waals surface area contributed by atoms with Crippen molar-refractivity contribution in [2.75, 3.05) is 38.2 Å². The van der Waals surface area contributed by atoms with Crippen molar-refractivity contribution in [1.82, 2.24) is 9.80 Å². The first kappa shape index (κ1) is 18.0. The van der Waals surface area contributed by atoms with Crippen LogP contribution in [0.15, 0.2) is 54.6 Å². The van der Waals surface area contributed by atoms with Gasteiger partial charge in [-0.3, -0.25) is 14.6 Å². The molecule has 3 heterocycles. The van der Waals surface area contributed by atoms with E-state index in [4.69, 9.17) is 4.74 Å². The van der Waals surface area contributed by atoms with Gasteiger partial charge < -0.3 is 4.74 Å². The summed E-state index contributed by atoms with van der Waals surface area (Å²) in [6.45, 7) is 9.20. The fourth-order valence-electron chi connectivity index (χ4n) is 3.73. The number of urea groups is 1. The third kappa shape index (κ3) is 2.60. The largest absolute Gasteiger partial charge is 0.486 e. The quantitative estimate of drug-likeness (QED) is 0.551. The van der Waals surface area contributed by atoms with Crippen molar-refractivity contribution < 1.29 is 18.9 Å². The van der Waals surface area contributed by atoms with Crippen molar-refractivity contribution in [3.8, 4) is 5.75 Å². The Morgan fingerprint density at radius 1 is 1.29 bits per heavy atom. The predicted molar refractivity (Wildman–Crippen MR) is 106 cm³/mol. The number of aliphatic imine (C=N–C) groups is 1. The maximum atomic E-state index is 13.0. The molecule has 4 rings (SSSR count). The Hall–Kier alpha value is -3.42. The third-order valence-electron chi connectivity index (χ3n) is 5.02. The lowest BCUT2D eigenvalue weighted by atomic mass is 10.1. The Labute approximate surface area is 163 Å². The number of hydrogen-bond acceptors (Lipinski definition) is 5. The maximum absolute atomic E-state index is 13.0. The first-order chi connectivity index (χ1) is 13.6. The Balaban J connectivity index is 1.72. The highest BCUT2D eigenvalue weighted by Crippen LogP contribution is 2.32. The van der Waals surface area contributed by atoms with Crippen molar-refractivity contribution in [2.24, 2.45) is 4.99 Å². The van der Waals surface area contributed by atoms with Crippen LogP contribution >= 0.6 is 0 Å². The molecular formula is C20H22N5O3+. The van der Waals surface area contributed by atoms with Gasteiger partial charge in [-0.15, -0.1) is 6.58 Å². The number of amidine groups is 1. The molecule has 0 aromatic heterocycles. The molecule has 0 aliphatic carbocycles. The summed E-state index contributed by atoms with van der Waals surface area (Å²) in [6.07, 6.45) is 3.24. The molecule has 0 N–H and O–H groups in total. The van der Waals surface area contributed by atoms with Gasteiger partial charge in [0.1, 0.15) is 18.8 Å². The van der Waals surface area contributed by atoms with Gasteiger partial charge in [0.15, 0.2) is 5.75 Å². The molecule has 0 radical (unpaired) electrons. The number of likely N-dealkylation sites (N-methyl/N-ethyl adjacent to an activating group) is 1. The fourth-order valence-corrected chi connectivity index (χ4v) is 3.73. The molecule has 3 amide bonds. The Kier molecular flexibility index (Phi) is 4.46. The second kappa shape index (κ2) is 6.95. The van der Waals surface area contributed by atoms with Gasteiger partial charge in [-0.25, -0.2) is 14.3 Å². The summed E-state index contributed by atoms with van der Waals surface area (Å²) in [6, 6.07) is 6.71. The molecule has 1 aromatic carbocycles. The van der Waals surface area contributed by atoms with E-state index in [-0.39, 0.29) is 18.5 Å². The molecular weight excluding hydrogens is 358 g/mol. The fraction of sp³-hybridized carbons (Fsp3) is 0.300. The average molecular weight is 380 g/mol. The zero-order valence-corrected chi connectivity index (χ0v) is 15.7. The van der Waals surface area contributed by atoms with Crippen molar-refractivity contribution >= 4 is 29.4 Å². The summed E-state index contributed by atoms with van der Waals surface area (Å²) in [4.78, 5) is 34.9. The number of para-hydroxylation sites is 2. The smallest absolute Gasteiger partial charge is 0.397 e. The van der Waals surface area contributed by atoms with Crippen LogP contribution in [0.3, 0.4) is 0 Å². The van der Waals surface area contributed by atoms with Gasteiger partial charge in [-0.2, -0.15) is 0 Å². The van der Waals surface area contributed by atoms with E-state index < -0.39 is 6.04 Å². The Bertz CT molecular complexity index is 936. The molecule has 8 heteroatoms. The number of carbonyl (C=O) groups excluding carboxylic acids is 2. The number of rotatable bonds is 6. The van der Waals surface area contributed by atoms with Crippen LogP contribution in [0.25, 0.3) is 0 Å². The molecule has 1 saturated heterocycles. The van der Waals surface area contributed by atoms with Crippen LogP contribution in [0.2, 0.25) is 0 Å². The van der Waals surface area contributed by atoms with Crippen LogP contribution in [0.5, 0.6) is 5.75 Å². The van der Waals surface area contributed by atoms with Crippen molar-refractivity contribution in [1.29, 1.82) is 0 Å². The molecule has 3 aliphatic rings. The third-order valence-corrected chi connectivity index (χ3v) is 5.02. The molecule has 0 spiro atoms. The summed E-state index contributed by atoms with van der Waals surface area (Å²) in [7, 11) is 1.64. The topological polar surface area (TPSA) is 68.5 Å². The van der Waals surface area contributed by atoms with Crippen molar-refractivity contribution in [3.05, 3.63) is 49.6 Å². The number of benzene rings is 1. The minimum absolute atomic E-state index is 0.177. The van der Waals surface area contributed by atoms with E-state index in [0.717, 1.165) is 11.4 Å². The van der Waals surface area contributed by atoms with Crippen LogP contribution < -0.4 is 9.64 Å². The molecule has 28 heavy (non-hydrogen) atoms. The lowest BCUT2D eigenvalue weighted by molar-refractivity contribution is -0.525. The van der Waals surface area contributed by atoms with Gasteiger partial charge in [0.25, 0.3) is 5.91 Å². The number of fused-ring (bicyclic) bond motifs is 2. The average Bonchev–Trinajstić information content (AvgIpc) is 3.27. The predicted octanol–water partition coefficient (Wildman–Crippen LogP) is 1.30. The molecule has 1 aromatic rings. The maximum Gasteiger partial charge on any atom is 0.397 e. The molecule has 0 saturated carbocycles. The highest BCUT2D eigenvalue weighted by molar-refractivity contribution is 6.24. The number of guanidine groups is 1. The van der Waals surface area contributed by atoms with E-state index in [0.29, 0.717) is 31.5 Å². The molecule has 1 fully saturated rings. The Morgan fingerprint density at radius 3 is 2.82 bits per heavy atom. The number of anilines is 1. The van der Waals surface area contributed by atoms with Gasteiger partial charge in [0.2, 0.25) is 11.9 Å². The van der Waals surface area contributed by atoms with Gasteiger partial charge in [-0.05, 0) is 12.1 Å². The first-order valence-electron chi connectivity index (χ1n) is 9.11. The van der Waals surface area contributed by atoms with Crippen molar-refractivity contribution in [2.45, 2.75) is 6.04 Å². The number of amides is 3. The lowest BCUT2D eigenvalue weighted by Gasteiger charge is -2.33. The molecule has 3 aliphatic heterocycles. The minimum atomic E-state index is -0.594. The van der Waals surface area contributed by atoms with E-state index in [1.54, 1.807) is 19.2 Å². The van der Waals surface area contributed by atoms with Gasteiger partial charge in [0, 0.05) is 13.6 Å². The standard InChI is InChI=1S/C20H22N5O3/c1-4-10-25-18(26)16-17(22(3)20(25)27)21-19-23(11-12-24(16)19)14-8-6-7-9-15(14)28-13-5-2/h4-9,16H,1-2,10-13H2,3H3/q+1. The van der Waals surface area contributed by atoms with Crippen LogP contribution in [-0.2, 0) is 4.79 Å². The second-order valence-electron chi connectivity index (χ2n) is 6.66. The van der Waals surface area contributed by atoms with E-state index in [2.05, 4.69) is 18.2 Å². The first-order valence-corrected chi connectivity index (χ1v) is 9.11.